The van der Waals surface area contributed by atoms with Crippen molar-refractivity contribution in [2.24, 2.45) is 0 Å². The zero-order chi connectivity index (χ0) is 20.3. The maximum atomic E-state index is 13.9. The zero-order valence-corrected chi connectivity index (χ0v) is 17.0. The quantitative estimate of drug-likeness (QED) is 0.398. The van der Waals surface area contributed by atoms with Crippen LogP contribution in [0.2, 0.25) is 0 Å². The van der Waals surface area contributed by atoms with Gasteiger partial charge in [0.2, 0.25) is 0 Å². The molecule has 1 saturated heterocycles. The number of carbonyl (C=O) groups is 1. The van der Waals surface area contributed by atoms with Crippen molar-refractivity contribution in [1.82, 2.24) is 5.32 Å². The van der Waals surface area contributed by atoms with Crippen molar-refractivity contribution in [2.75, 3.05) is 23.3 Å². The van der Waals surface area contributed by atoms with Crippen molar-refractivity contribution >= 4 is 56.2 Å². The van der Waals surface area contributed by atoms with Gasteiger partial charge in [0, 0.05) is 29.2 Å². The van der Waals surface area contributed by atoms with E-state index in [1.54, 1.807) is 12.1 Å². The molecule has 0 spiro atoms. The summed E-state index contributed by atoms with van der Waals surface area (Å²) in [7, 11) is 0. The lowest BCUT2D eigenvalue weighted by atomic mass is 10.1. The fourth-order valence-electron chi connectivity index (χ4n) is 2.96. The van der Waals surface area contributed by atoms with Crippen LogP contribution in [-0.4, -0.2) is 29.0 Å². The zero-order valence-electron chi connectivity index (χ0n) is 14.6. The molecule has 1 heterocycles. The number of benzene rings is 2. The minimum Gasteiger partial charge on any atom is -0.366 e. The highest BCUT2D eigenvalue weighted by Gasteiger charge is 2.24. The summed E-state index contributed by atoms with van der Waals surface area (Å²) >= 11 is 8.19. The van der Waals surface area contributed by atoms with E-state index in [4.69, 9.17) is 12.2 Å². The highest BCUT2D eigenvalue weighted by Crippen LogP contribution is 2.31. The SMILES string of the molecule is O=C(NC(=S)Nc1ccc(Br)cc1F)c1ccc(N2CCCC2)c([N+](=O)[O-])c1. The Hall–Kier alpha value is -2.59. The average molecular weight is 467 g/mol. The molecule has 0 unspecified atom stereocenters. The molecular formula is C18H16BrFN4O3S. The van der Waals surface area contributed by atoms with Gasteiger partial charge in [0.05, 0.1) is 10.6 Å². The summed E-state index contributed by atoms with van der Waals surface area (Å²) in [6, 6.07) is 8.66. The average Bonchev–Trinajstić information content (AvgIpc) is 3.18. The minimum atomic E-state index is -0.619. The van der Waals surface area contributed by atoms with E-state index < -0.39 is 16.6 Å². The Morgan fingerprint density at radius 1 is 1.21 bits per heavy atom. The van der Waals surface area contributed by atoms with Gasteiger partial charge in [0.15, 0.2) is 5.11 Å². The van der Waals surface area contributed by atoms with Crippen molar-refractivity contribution in [3.05, 3.63) is 62.4 Å². The molecular weight excluding hydrogens is 451 g/mol. The molecule has 2 N–H and O–H groups in total. The molecule has 1 aliphatic rings. The number of nitrogens with one attached hydrogen (secondary N) is 2. The predicted octanol–water partition coefficient (Wildman–Crippen LogP) is 4.22. The van der Waals surface area contributed by atoms with Crippen LogP contribution in [0.4, 0.5) is 21.5 Å². The standard InChI is InChI=1S/C18H16BrFN4O3S/c19-12-4-5-14(13(20)10-12)21-18(28)22-17(25)11-3-6-15(16(9-11)24(26)27)23-7-1-2-8-23/h3-6,9-10H,1-2,7-8H2,(H2,21,22,25,28). The molecule has 7 nitrogen and oxygen atoms in total. The molecule has 1 fully saturated rings. The molecule has 2 aromatic rings. The van der Waals surface area contributed by atoms with E-state index in [0.29, 0.717) is 10.2 Å². The summed E-state index contributed by atoms with van der Waals surface area (Å²) in [4.78, 5) is 25.3. The van der Waals surface area contributed by atoms with Crippen LogP contribution in [0.15, 0.2) is 40.9 Å². The first kappa shape index (κ1) is 20.2. The lowest BCUT2D eigenvalue weighted by molar-refractivity contribution is -0.384. The number of nitro groups is 1. The van der Waals surface area contributed by atoms with Gasteiger partial charge in [-0.1, -0.05) is 15.9 Å². The molecule has 3 rings (SSSR count). The molecule has 0 aliphatic carbocycles. The third-order valence-corrected chi connectivity index (χ3v) is 4.98. The fourth-order valence-corrected chi connectivity index (χ4v) is 3.49. The van der Waals surface area contributed by atoms with Crippen molar-refractivity contribution < 1.29 is 14.1 Å². The summed E-state index contributed by atoms with van der Waals surface area (Å²) in [6.45, 7) is 1.50. The van der Waals surface area contributed by atoms with Gasteiger partial charge >= 0.3 is 0 Å². The van der Waals surface area contributed by atoms with Gasteiger partial charge in [0.1, 0.15) is 11.5 Å². The van der Waals surface area contributed by atoms with Crippen molar-refractivity contribution in [2.45, 2.75) is 12.8 Å². The molecule has 1 amide bonds. The van der Waals surface area contributed by atoms with E-state index in [1.165, 1.54) is 24.3 Å². The first-order valence-corrected chi connectivity index (χ1v) is 9.66. The molecule has 0 bridgehead atoms. The van der Waals surface area contributed by atoms with Crippen molar-refractivity contribution in [1.29, 1.82) is 0 Å². The van der Waals surface area contributed by atoms with Gasteiger partial charge in [-0.3, -0.25) is 20.2 Å². The largest absolute Gasteiger partial charge is 0.366 e. The Kier molecular flexibility index (Phi) is 6.20. The van der Waals surface area contributed by atoms with Crippen LogP contribution in [0.5, 0.6) is 0 Å². The predicted molar refractivity (Wildman–Crippen MR) is 112 cm³/mol. The van der Waals surface area contributed by atoms with Gasteiger partial charge in [0.25, 0.3) is 11.6 Å². The monoisotopic (exact) mass is 466 g/mol. The van der Waals surface area contributed by atoms with Crippen molar-refractivity contribution in [3.63, 3.8) is 0 Å². The first-order chi connectivity index (χ1) is 13.3. The number of nitrogens with zero attached hydrogens (tertiary/aromatic N) is 2. The van der Waals surface area contributed by atoms with E-state index in [1.807, 2.05) is 4.90 Å². The van der Waals surface area contributed by atoms with Crippen molar-refractivity contribution in [3.8, 4) is 0 Å². The van der Waals surface area contributed by atoms with E-state index >= 15 is 0 Å². The minimum absolute atomic E-state index is 0.0927. The summed E-state index contributed by atoms with van der Waals surface area (Å²) in [5, 5.41) is 16.3. The topological polar surface area (TPSA) is 87.5 Å². The molecule has 10 heteroatoms. The van der Waals surface area contributed by atoms with Gasteiger partial charge in [-0.25, -0.2) is 4.39 Å². The number of carbonyl (C=O) groups excluding carboxylic acids is 1. The number of amides is 1. The second kappa shape index (κ2) is 8.61. The summed E-state index contributed by atoms with van der Waals surface area (Å²) in [6.07, 6.45) is 1.96. The maximum absolute atomic E-state index is 13.9. The molecule has 0 atom stereocenters. The molecule has 28 heavy (non-hydrogen) atoms. The van der Waals surface area contributed by atoms with Crippen LogP contribution in [0.25, 0.3) is 0 Å². The van der Waals surface area contributed by atoms with Crippen LogP contribution in [-0.2, 0) is 0 Å². The van der Waals surface area contributed by atoms with E-state index in [2.05, 4.69) is 26.6 Å². The number of nitro benzene ring substituents is 1. The Bertz CT molecular complexity index is 950. The lowest BCUT2D eigenvalue weighted by Crippen LogP contribution is -2.34. The maximum Gasteiger partial charge on any atom is 0.293 e. The highest BCUT2D eigenvalue weighted by molar-refractivity contribution is 9.10. The summed E-state index contributed by atoms with van der Waals surface area (Å²) in [5.74, 6) is -1.16. The summed E-state index contributed by atoms with van der Waals surface area (Å²) < 4.78 is 14.4. The van der Waals surface area contributed by atoms with Gasteiger partial charge < -0.3 is 10.2 Å². The lowest BCUT2D eigenvalue weighted by Gasteiger charge is -2.18. The van der Waals surface area contributed by atoms with Gasteiger partial charge in [-0.05, 0) is 55.4 Å². The third-order valence-electron chi connectivity index (χ3n) is 4.29. The Balaban J connectivity index is 1.73. The molecule has 0 saturated carbocycles. The Morgan fingerprint density at radius 3 is 2.57 bits per heavy atom. The van der Waals surface area contributed by atoms with Crippen LogP contribution in [0.3, 0.4) is 0 Å². The van der Waals surface area contributed by atoms with E-state index in [0.717, 1.165) is 25.9 Å². The van der Waals surface area contributed by atoms with E-state index in [-0.39, 0.29) is 22.1 Å². The number of halogens is 2. The fraction of sp³-hybridized carbons (Fsp3) is 0.222. The number of hydrogen-bond acceptors (Lipinski definition) is 5. The number of thiocarbonyl (C=S) groups is 1. The van der Waals surface area contributed by atoms with Gasteiger partial charge in [-0.2, -0.15) is 0 Å². The summed E-state index contributed by atoms with van der Waals surface area (Å²) in [5.41, 5.74) is 0.558. The number of anilines is 2. The Morgan fingerprint density at radius 2 is 1.93 bits per heavy atom. The van der Waals surface area contributed by atoms with Gasteiger partial charge in [-0.15, -0.1) is 0 Å². The smallest absolute Gasteiger partial charge is 0.293 e. The molecule has 0 radical (unpaired) electrons. The van der Waals surface area contributed by atoms with Crippen LogP contribution in [0.1, 0.15) is 23.2 Å². The first-order valence-electron chi connectivity index (χ1n) is 8.46. The normalized spacial score (nSPS) is 13.3. The van der Waals surface area contributed by atoms with E-state index in [9.17, 15) is 19.3 Å². The Labute approximate surface area is 174 Å². The highest BCUT2D eigenvalue weighted by atomic mass is 79.9. The number of rotatable bonds is 4. The van der Waals surface area contributed by atoms with Crippen LogP contribution >= 0.6 is 28.1 Å². The van der Waals surface area contributed by atoms with Crippen LogP contribution in [0, 0.1) is 15.9 Å². The second-order valence-corrected chi connectivity index (χ2v) is 7.51. The molecule has 0 aromatic heterocycles. The molecule has 1 aliphatic heterocycles. The van der Waals surface area contributed by atoms with Crippen LogP contribution < -0.4 is 15.5 Å². The molecule has 146 valence electrons. The molecule has 2 aromatic carbocycles. The third kappa shape index (κ3) is 4.63. The number of hydrogen-bond donors (Lipinski definition) is 2. The second-order valence-electron chi connectivity index (χ2n) is 6.19.